The van der Waals surface area contributed by atoms with Gasteiger partial charge in [-0.05, 0) is 43.3 Å². The van der Waals surface area contributed by atoms with Crippen LogP contribution in [0, 0.1) is 5.92 Å². The van der Waals surface area contributed by atoms with Gasteiger partial charge in [0.25, 0.3) is 0 Å². The molecule has 2 aromatic rings. The lowest BCUT2D eigenvalue weighted by atomic mass is 10.1. The third-order valence-corrected chi connectivity index (χ3v) is 4.04. The van der Waals surface area contributed by atoms with E-state index in [1.54, 1.807) is 0 Å². The maximum atomic E-state index is 12.0. The van der Waals surface area contributed by atoms with Crippen molar-refractivity contribution in [3.8, 4) is 0 Å². The molecule has 1 unspecified atom stereocenters. The number of carbonyl (C=O) groups is 1. The van der Waals surface area contributed by atoms with Crippen LogP contribution >= 0.6 is 0 Å². The quantitative estimate of drug-likeness (QED) is 0.808. The van der Waals surface area contributed by atoms with E-state index in [1.807, 2.05) is 42.5 Å². The topological polar surface area (TPSA) is 53.2 Å². The van der Waals surface area contributed by atoms with Gasteiger partial charge < -0.3 is 16.0 Å². The number of nitrogens with one attached hydrogen (secondary N) is 3. The number of benzene rings is 2. The summed E-state index contributed by atoms with van der Waals surface area (Å²) in [7, 11) is 0. The van der Waals surface area contributed by atoms with E-state index in [1.165, 1.54) is 6.42 Å². The lowest BCUT2D eigenvalue weighted by Crippen LogP contribution is -2.30. The molecule has 0 spiro atoms. The molecule has 1 aliphatic rings. The third-order valence-electron chi connectivity index (χ3n) is 4.04. The minimum absolute atomic E-state index is 0.127. The summed E-state index contributed by atoms with van der Waals surface area (Å²) in [4.78, 5) is 12.0. The number of fused-ring (bicyclic) bond motifs is 1. The molecule has 4 heteroatoms. The molecule has 1 heterocycles. The third kappa shape index (κ3) is 3.52. The van der Waals surface area contributed by atoms with E-state index in [2.05, 4.69) is 16.0 Å². The molecule has 110 valence electrons. The van der Waals surface area contributed by atoms with Gasteiger partial charge in [-0.3, -0.25) is 0 Å². The minimum atomic E-state index is -0.127. The Morgan fingerprint density at radius 2 is 2.05 bits per heavy atom. The summed E-state index contributed by atoms with van der Waals surface area (Å²) in [5.41, 5.74) is 0.855. The SMILES string of the molecule is O=C(NCCC1CCNC1)Nc1cccc2ccccc12. The number of hydrogen-bond donors (Lipinski definition) is 3. The summed E-state index contributed by atoms with van der Waals surface area (Å²) >= 11 is 0. The van der Waals surface area contributed by atoms with Crippen molar-refractivity contribution in [2.45, 2.75) is 12.8 Å². The van der Waals surface area contributed by atoms with Gasteiger partial charge in [-0.1, -0.05) is 36.4 Å². The van der Waals surface area contributed by atoms with Crippen LogP contribution in [0.1, 0.15) is 12.8 Å². The van der Waals surface area contributed by atoms with Crippen LogP contribution in [0.2, 0.25) is 0 Å². The maximum Gasteiger partial charge on any atom is 0.319 e. The van der Waals surface area contributed by atoms with E-state index < -0.39 is 0 Å². The first kappa shape index (κ1) is 13.9. The predicted molar refractivity (Wildman–Crippen MR) is 86.6 cm³/mol. The second-order valence-electron chi connectivity index (χ2n) is 5.56. The molecule has 0 bridgehead atoms. The highest BCUT2D eigenvalue weighted by atomic mass is 16.2. The number of amides is 2. The molecule has 21 heavy (non-hydrogen) atoms. The molecule has 2 aromatic carbocycles. The van der Waals surface area contributed by atoms with Crippen LogP contribution in [0.15, 0.2) is 42.5 Å². The zero-order chi connectivity index (χ0) is 14.5. The Morgan fingerprint density at radius 1 is 1.19 bits per heavy atom. The average Bonchev–Trinajstić information content (AvgIpc) is 3.01. The summed E-state index contributed by atoms with van der Waals surface area (Å²) in [5, 5.41) is 11.4. The van der Waals surface area contributed by atoms with E-state index in [-0.39, 0.29) is 6.03 Å². The van der Waals surface area contributed by atoms with Crippen molar-refractivity contribution in [1.82, 2.24) is 10.6 Å². The standard InChI is InChI=1S/C17H21N3O/c21-17(19-11-9-13-8-10-18-12-13)20-16-7-3-5-14-4-1-2-6-15(14)16/h1-7,13,18H,8-12H2,(H2,19,20,21). The Bertz CT molecular complexity index is 615. The molecular weight excluding hydrogens is 262 g/mol. The monoisotopic (exact) mass is 283 g/mol. The highest BCUT2D eigenvalue weighted by molar-refractivity contribution is 6.01. The summed E-state index contributed by atoms with van der Waals surface area (Å²) < 4.78 is 0. The van der Waals surface area contributed by atoms with Crippen molar-refractivity contribution in [1.29, 1.82) is 0 Å². The van der Waals surface area contributed by atoms with Crippen molar-refractivity contribution < 1.29 is 4.79 Å². The van der Waals surface area contributed by atoms with E-state index in [9.17, 15) is 4.79 Å². The van der Waals surface area contributed by atoms with Gasteiger partial charge in [0.1, 0.15) is 0 Å². The fourth-order valence-corrected chi connectivity index (χ4v) is 2.85. The fourth-order valence-electron chi connectivity index (χ4n) is 2.85. The Morgan fingerprint density at radius 3 is 2.90 bits per heavy atom. The average molecular weight is 283 g/mol. The molecule has 4 nitrogen and oxygen atoms in total. The number of rotatable bonds is 4. The first-order valence-corrected chi connectivity index (χ1v) is 7.56. The van der Waals surface area contributed by atoms with Crippen molar-refractivity contribution in [2.75, 3.05) is 25.0 Å². The lowest BCUT2D eigenvalue weighted by molar-refractivity contribution is 0.251. The second kappa shape index (κ2) is 6.59. The first-order chi connectivity index (χ1) is 10.3. The lowest BCUT2D eigenvalue weighted by Gasteiger charge is -2.12. The predicted octanol–water partition coefficient (Wildman–Crippen LogP) is 2.96. The molecule has 3 rings (SSSR count). The Balaban J connectivity index is 1.56. The smallest absolute Gasteiger partial charge is 0.319 e. The summed E-state index contributed by atoms with van der Waals surface area (Å²) in [6.45, 7) is 2.91. The zero-order valence-corrected chi connectivity index (χ0v) is 12.1. The van der Waals surface area contributed by atoms with E-state index in [4.69, 9.17) is 0 Å². The molecular formula is C17H21N3O. The molecule has 0 saturated carbocycles. The van der Waals surface area contributed by atoms with Crippen molar-refractivity contribution in [3.63, 3.8) is 0 Å². The van der Waals surface area contributed by atoms with Gasteiger partial charge in [0.15, 0.2) is 0 Å². The number of hydrogen-bond acceptors (Lipinski definition) is 2. The molecule has 1 fully saturated rings. The Kier molecular flexibility index (Phi) is 4.36. The van der Waals surface area contributed by atoms with Crippen LogP contribution in [0.5, 0.6) is 0 Å². The second-order valence-corrected chi connectivity index (χ2v) is 5.56. The highest BCUT2D eigenvalue weighted by Gasteiger charge is 2.14. The number of carbonyl (C=O) groups excluding carboxylic acids is 1. The van der Waals surface area contributed by atoms with Crippen LogP contribution in [-0.4, -0.2) is 25.7 Å². The minimum Gasteiger partial charge on any atom is -0.338 e. The fraction of sp³-hybridized carbons (Fsp3) is 0.353. The van der Waals surface area contributed by atoms with Gasteiger partial charge in [0.2, 0.25) is 0 Å². The molecule has 2 amide bonds. The van der Waals surface area contributed by atoms with E-state index in [0.29, 0.717) is 5.92 Å². The van der Waals surface area contributed by atoms with E-state index in [0.717, 1.165) is 42.5 Å². The van der Waals surface area contributed by atoms with Crippen LogP contribution in [0.3, 0.4) is 0 Å². The van der Waals surface area contributed by atoms with Crippen molar-refractivity contribution >= 4 is 22.5 Å². The van der Waals surface area contributed by atoms with Gasteiger partial charge >= 0.3 is 6.03 Å². The maximum absolute atomic E-state index is 12.0. The summed E-state index contributed by atoms with van der Waals surface area (Å²) in [5.74, 6) is 0.697. The van der Waals surface area contributed by atoms with Crippen LogP contribution in [0.4, 0.5) is 10.5 Å². The molecule has 1 aliphatic heterocycles. The van der Waals surface area contributed by atoms with Crippen LogP contribution in [0.25, 0.3) is 10.8 Å². The molecule has 1 atom stereocenters. The molecule has 0 aromatic heterocycles. The van der Waals surface area contributed by atoms with Crippen LogP contribution in [-0.2, 0) is 0 Å². The molecule has 0 aliphatic carbocycles. The molecule has 0 radical (unpaired) electrons. The molecule has 3 N–H and O–H groups in total. The van der Waals surface area contributed by atoms with Crippen molar-refractivity contribution in [2.24, 2.45) is 5.92 Å². The zero-order valence-electron chi connectivity index (χ0n) is 12.1. The number of urea groups is 1. The summed E-state index contributed by atoms with van der Waals surface area (Å²) in [6, 6.07) is 13.9. The molecule has 1 saturated heterocycles. The van der Waals surface area contributed by atoms with E-state index >= 15 is 0 Å². The first-order valence-electron chi connectivity index (χ1n) is 7.56. The van der Waals surface area contributed by atoms with Gasteiger partial charge in [-0.15, -0.1) is 0 Å². The van der Waals surface area contributed by atoms with Crippen molar-refractivity contribution in [3.05, 3.63) is 42.5 Å². The van der Waals surface area contributed by atoms with Gasteiger partial charge in [0.05, 0.1) is 5.69 Å². The van der Waals surface area contributed by atoms with Gasteiger partial charge in [-0.2, -0.15) is 0 Å². The largest absolute Gasteiger partial charge is 0.338 e. The van der Waals surface area contributed by atoms with Crippen LogP contribution < -0.4 is 16.0 Å². The highest BCUT2D eigenvalue weighted by Crippen LogP contribution is 2.22. The normalized spacial score (nSPS) is 17.8. The van der Waals surface area contributed by atoms with Gasteiger partial charge in [0, 0.05) is 11.9 Å². The van der Waals surface area contributed by atoms with Gasteiger partial charge in [-0.25, -0.2) is 4.79 Å². The number of anilines is 1. The summed E-state index contributed by atoms with van der Waals surface area (Å²) in [6.07, 6.45) is 2.25. The Labute approximate surface area is 124 Å². The Hall–Kier alpha value is -2.07.